The van der Waals surface area contributed by atoms with E-state index in [-0.39, 0.29) is 17.3 Å². The SMILES string of the molecule is CC(NC(=O)c1cc2cccc(C(F)(F)F)c2[nH]1)c1ccc(N)cc1. The Balaban J connectivity index is 1.86. The Kier molecular flexibility index (Phi) is 4.16. The van der Waals surface area contributed by atoms with Crippen LogP contribution in [-0.4, -0.2) is 10.9 Å². The van der Waals surface area contributed by atoms with Gasteiger partial charge in [-0.2, -0.15) is 13.2 Å². The third-order valence-electron chi connectivity index (χ3n) is 3.99. The third kappa shape index (κ3) is 3.45. The molecule has 0 aliphatic heterocycles. The maximum Gasteiger partial charge on any atom is 0.418 e. The van der Waals surface area contributed by atoms with Gasteiger partial charge >= 0.3 is 6.18 Å². The molecule has 0 bridgehead atoms. The van der Waals surface area contributed by atoms with E-state index in [1.807, 2.05) is 0 Å². The Morgan fingerprint density at radius 1 is 1.16 bits per heavy atom. The monoisotopic (exact) mass is 347 g/mol. The zero-order chi connectivity index (χ0) is 18.2. The normalized spacial score (nSPS) is 13.0. The lowest BCUT2D eigenvalue weighted by atomic mass is 10.1. The van der Waals surface area contributed by atoms with Crippen molar-refractivity contribution in [2.24, 2.45) is 0 Å². The summed E-state index contributed by atoms with van der Waals surface area (Å²) in [5.41, 5.74) is 6.26. The van der Waals surface area contributed by atoms with Gasteiger partial charge in [-0.3, -0.25) is 4.79 Å². The number of H-pyrrole nitrogens is 1. The number of hydrogen-bond donors (Lipinski definition) is 3. The highest BCUT2D eigenvalue weighted by Crippen LogP contribution is 2.34. The molecule has 0 saturated carbocycles. The Hall–Kier alpha value is -2.96. The van der Waals surface area contributed by atoms with Crippen molar-refractivity contribution in [2.75, 3.05) is 5.73 Å². The molecule has 130 valence electrons. The van der Waals surface area contributed by atoms with Gasteiger partial charge in [-0.15, -0.1) is 0 Å². The highest BCUT2D eigenvalue weighted by atomic mass is 19.4. The summed E-state index contributed by atoms with van der Waals surface area (Å²) in [6.45, 7) is 1.78. The van der Waals surface area contributed by atoms with Crippen LogP contribution in [0.5, 0.6) is 0 Å². The molecule has 2 aromatic carbocycles. The summed E-state index contributed by atoms with van der Waals surface area (Å²) in [6.07, 6.45) is -4.49. The molecular weight excluding hydrogens is 331 g/mol. The van der Waals surface area contributed by atoms with E-state index in [0.29, 0.717) is 11.1 Å². The van der Waals surface area contributed by atoms with Crippen molar-refractivity contribution in [3.8, 4) is 0 Å². The van der Waals surface area contributed by atoms with E-state index in [4.69, 9.17) is 5.73 Å². The van der Waals surface area contributed by atoms with E-state index < -0.39 is 17.6 Å². The van der Waals surface area contributed by atoms with Crippen LogP contribution in [0.4, 0.5) is 18.9 Å². The largest absolute Gasteiger partial charge is 0.418 e. The van der Waals surface area contributed by atoms with Crippen molar-refractivity contribution >= 4 is 22.5 Å². The van der Waals surface area contributed by atoms with Gasteiger partial charge in [0.2, 0.25) is 0 Å². The number of fused-ring (bicyclic) bond motifs is 1. The number of nitrogens with one attached hydrogen (secondary N) is 2. The fourth-order valence-corrected chi connectivity index (χ4v) is 2.66. The highest BCUT2D eigenvalue weighted by Gasteiger charge is 2.33. The van der Waals surface area contributed by atoms with Crippen LogP contribution in [-0.2, 0) is 6.18 Å². The summed E-state index contributed by atoms with van der Waals surface area (Å²) >= 11 is 0. The smallest absolute Gasteiger partial charge is 0.399 e. The van der Waals surface area contributed by atoms with Crippen LogP contribution in [0.25, 0.3) is 10.9 Å². The quantitative estimate of drug-likeness (QED) is 0.620. The van der Waals surface area contributed by atoms with Crippen molar-refractivity contribution in [3.63, 3.8) is 0 Å². The maximum atomic E-state index is 13.1. The number of carbonyl (C=O) groups excluding carboxylic acids is 1. The van der Waals surface area contributed by atoms with Gasteiger partial charge in [0, 0.05) is 11.1 Å². The number of para-hydroxylation sites is 1. The predicted octanol–water partition coefficient (Wildman–Crippen LogP) is 4.26. The number of anilines is 1. The zero-order valence-electron chi connectivity index (χ0n) is 13.3. The number of halogens is 3. The number of nitrogens with two attached hydrogens (primary N) is 1. The number of aromatic nitrogens is 1. The van der Waals surface area contributed by atoms with Crippen molar-refractivity contribution < 1.29 is 18.0 Å². The summed E-state index contributed by atoms with van der Waals surface area (Å²) in [6, 6.07) is 11.9. The fourth-order valence-electron chi connectivity index (χ4n) is 2.66. The molecule has 0 fully saturated rings. The first kappa shape index (κ1) is 16.9. The van der Waals surface area contributed by atoms with E-state index in [1.165, 1.54) is 18.2 Å². The lowest BCUT2D eigenvalue weighted by molar-refractivity contribution is -0.136. The number of alkyl halides is 3. The molecule has 0 aliphatic carbocycles. The van der Waals surface area contributed by atoms with Gasteiger partial charge in [-0.25, -0.2) is 0 Å². The van der Waals surface area contributed by atoms with Gasteiger partial charge in [-0.05, 0) is 36.8 Å². The summed E-state index contributed by atoms with van der Waals surface area (Å²) in [4.78, 5) is 15.0. The topological polar surface area (TPSA) is 70.9 Å². The molecule has 7 heteroatoms. The van der Waals surface area contributed by atoms with Gasteiger partial charge in [0.25, 0.3) is 5.91 Å². The summed E-state index contributed by atoms with van der Waals surface area (Å²) in [5.74, 6) is -0.478. The Bertz CT molecular complexity index is 913. The molecule has 1 amide bonds. The van der Waals surface area contributed by atoms with Crippen molar-refractivity contribution in [1.82, 2.24) is 10.3 Å². The number of carbonyl (C=O) groups is 1. The highest BCUT2D eigenvalue weighted by molar-refractivity contribution is 5.99. The van der Waals surface area contributed by atoms with Crippen LogP contribution in [0.2, 0.25) is 0 Å². The van der Waals surface area contributed by atoms with Gasteiger partial charge < -0.3 is 16.0 Å². The van der Waals surface area contributed by atoms with E-state index in [1.54, 1.807) is 31.2 Å². The van der Waals surface area contributed by atoms with Crippen molar-refractivity contribution in [3.05, 3.63) is 65.4 Å². The molecule has 1 atom stereocenters. The zero-order valence-corrected chi connectivity index (χ0v) is 13.3. The molecule has 0 saturated heterocycles. The first-order valence-electron chi connectivity index (χ1n) is 7.61. The van der Waals surface area contributed by atoms with E-state index >= 15 is 0 Å². The summed E-state index contributed by atoms with van der Waals surface area (Å²) in [5, 5.41) is 3.09. The van der Waals surface area contributed by atoms with Gasteiger partial charge in [-0.1, -0.05) is 24.3 Å². The van der Waals surface area contributed by atoms with Crippen molar-refractivity contribution in [2.45, 2.75) is 19.1 Å². The molecule has 0 aliphatic rings. The summed E-state index contributed by atoms with van der Waals surface area (Å²) in [7, 11) is 0. The second kappa shape index (κ2) is 6.16. The Morgan fingerprint density at radius 3 is 2.48 bits per heavy atom. The Labute approximate surface area is 141 Å². The van der Waals surface area contributed by atoms with E-state index in [9.17, 15) is 18.0 Å². The van der Waals surface area contributed by atoms with E-state index in [2.05, 4.69) is 10.3 Å². The lowest BCUT2D eigenvalue weighted by Gasteiger charge is -2.14. The van der Waals surface area contributed by atoms with Crippen LogP contribution in [0, 0.1) is 0 Å². The standard InChI is InChI=1S/C18H16F3N3O/c1-10(11-5-7-13(22)8-6-11)23-17(25)15-9-12-3-2-4-14(16(12)24-15)18(19,20)21/h2-10,24H,22H2,1H3,(H,23,25). The first-order chi connectivity index (χ1) is 11.8. The average molecular weight is 347 g/mol. The van der Waals surface area contributed by atoms with Gasteiger partial charge in [0.1, 0.15) is 5.69 Å². The maximum absolute atomic E-state index is 13.1. The van der Waals surface area contributed by atoms with Crippen LogP contribution in [0.15, 0.2) is 48.5 Å². The number of nitrogen functional groups attached to an aromatic ring is 1. The number of benzene rings is 2. The average Bonchev–Trinajstić information content (AvgIpc) is 2.98. The van der Waals surface area contributed by atoms with Crippen LogP contribution < -0.4 is 11.1 Å². The van der Waals surface area contributed by atoms with Gasteiger partial charge in [0.05, 0.1) is 17.1 Å². The molecule has 0 spiro atoms. The molecule has 4 N–H and O–H groups in total. The lowest BCUT2D eigenvalue weighted by Crippen LogP contribution is -2.26. The van der Waals surface area contributed by atoms with Crippen LogP contribution in [0.3, 0.4) is 0 Å². The number of amides is 1. The number of aromatic amines is 1. The molecule has 1 heterocycles. The molecule has 3 aromatic rings. The number of hydrogen-bond acceptors (Lipinski definition) is 2. The molecular formula is C18H16F3N3O. The molecule has 1 aromatic heterocycles. The first-order valence-corrected chi connectivity index (χ1v) is 7.61. The van der Waals surface area contributed by atoms with Gasteiger partial charge in [0.15, 0.2) is 0 Å². The molecule has 4 nitrogen and oxygen atoms in total. The predicted molar refractivity (Wildman–Crippen MR) is 90.0 cm³/mol. The third-order valence-corrected chi connectivity index (χ3v) is 3.99. The molecule has 25 heavy (non-hydrogen) atoms. The molecule has 0 radical (unpaired) electrons. The molecule has 1 unspecified atom stereocenters. The second-order valence-corrected chi connectivity index (χ2v) is 5.81. The second-order valence-electron chi connectivity index (χ2n) is 5.81. The van der Waals surface area contributed by atoms with Crippen molar-refractivity contribution in [1.29, 1.82) is 0 Å². The minimum atomic E-state index is -4.49. The Morgan fingerprint density at radius 2 is 1.84 bits per heavy atom. The minimum Gasteiger partial charge on any atom is -0.399 e. The van der Waals surface area contributed by atoms with Crippen LogP contribution in [0.1, 0.15) is 34.6 Å². The summed E-state index contributed by atoms with van der Waals surface area (Å²) < 4.78 is 39.2. The fraction of sp³-hybridized carbons (Fsp3) is 0.167. The van der Waals surface area contributed by atoms with Crippen LogP contribution >= 0.6 is 0 Å². The van der Waals surface area contributed by atoms with E-state index in [0.717, 1.165) is 11.6 Å². The number of rotatable bonds is 3. The minimum absolute atomic E-state index is 0.0778. The molecule has 3 rings (SSSR count).